The molecule has 2 atom stereocenters. The highest BCUT2D eigenvalue weighted by atomic mass is 35.5. The molecule has 3 rings (SSSR count). The van der Waals surface area contributed by atoms with Gasteiger partial charge in [0.25, 0.3) is 0 Å². The quantitative estimate of drug-likeness (QED) is 0.609. The minimum atomic E-state index is -1.82. The van der Waals surface area contributed by atoms with E-state index >= 15 is 0 Å². The second-order valence-corrected chi connectivity index (χ2v) is 8.39. The summed E-state index contributed by atoms with van der Waals surface area (Å²) in [5.41, 5.74) is 1.77. The summed E-state index contributed by atoms with van der Waals surface area (Å²) in [7, 11) is 0. The van der Waals surface area contributed by atoms with E-state index in [1.807, 2.05) is 25.1 Å². The molecule has 1 aromatic carbocycles. The maximum atomic E-state index is 12.4. The van der Waals surface area contributed by atoms with Crippen molar-refractivity contribution in [2.75, 3.05) is 18.4 Å². The summed E-state index contributed by atoms with van der Waals surface area (Å²) in [6.07, 6.45) is 10.0. The number of benzene rings is 1. The van der Waals surface area contributed by atoms with Crippen LogP contribution in [0.2, 0.25) is 5.02 Å². The molecule has 1 aliphatic carbocycles. The fourth-order valence-electron chi connectivity index (χ4n) is 4.42. The highest BCUT2D eigenvalue weighted by molar-refractivity contribution is 6.33. The van der Waals surface area contributed by atoms with Crippen LogP contribution in [0.4, 0.5) is 5.69 Å². The number of para-hydroxylation sites is 1. The van der Waals surface area contributed by atoms with Gasteiger partial charge in [0.2, 0.25) is 5.91 Å². The molecule has 1 aromatic rings. The molecule has 1 saturated carbocycles. The zero-order valence-electron chi connectivity index (χ0n) is 17.4. The number of likely N-dealkylation sites (tertiary alicyclic amines) is 1. The van der Waals surface area contributed by atoms with Crippen LogP contribution in [0.3, 0.4) is 0 Å². The second-order valence-electron chi connectivity index (χ2n) is 7.98. The van der Waals surface area contributed by atoms with E-state index in [9.17, 15) is 4.79 Å². The lowest BCUT2D eigenvalue weighted by molar-refractivity contribution is -0.159. The molecule has 7 nitrogen and oxygen atoms in total. The zero-order valence-corrected chi connectivity index (χ0v) is 18.2. The topological polar surface area (TPSA) is 107 Å². The predicted octanol–water partition coefficient (Wildman–Crippen LogP) is 4.18. The summed E-state index contributed by atoms with van der Waals surface area (Å²) in [6, 6.07) is 6.41. The number of amides is 1. The molecule has 0 bridgehead atoms. The molecule has 0 radical (unpaired) electrons. The Balaban J connectivity index is 0.000000469. The number of anilines is 1. The Hall–Kier alpha value is -2.12. The first-order chi connectivity index (χ1) is 14.3. The molecular formula is C22H31ClN2O5. The van der Waals surface area contributed by atoms with E-state index in [1.54, 1.807) is 0 Å². The van der Waals surface area contributed by atoms with Crippen molar-refractivity contribution in [1.82, 2.24) is 4.90 Å². The maximum absolute atomic E-state index is 12.4. The SMILES string of the molecule is Cc1cccc(Cl)c1NC(=O)CCN1CCC[C@@H]2CCCCC[C@@H]21.O=C(O)C(=O)O. The molecule has 2 fully saturated rings. The third-order valence-corrected chi connectivity index (χ3v) is 6.22. The van der Waals surface area contributed by atoms with Crippen LogP contribution >= 0.6 is 11.6 Å². The molecule has 1 aliphatic heterocycles. The summed E-state index contributed by atoms with van der Waals surface area (Å²) in [5, 5.41) is 18.4. The Morgan fingerprint density at radius 2 is 1.73 bits per heavy atom. The molecule has 0 spiro atoms. The number of aryl methyl sites for hydroxylation is 1. The van der Waals surface area contributed by atoms with E-state index in [0.717, 1.165) is 30.3 Å². The molecule has 0 unspecified atom stereocenters. The molecule has 1 saturated heterocycles. The zero-order chi connectivity index (χ0) is 22.1. The van der Waals surface area contributed by atoms with Gasteiger partial charge >= 0.3 is 11.9 Å². The number of halogens is 1. The van der Waals surface area contributed by atoms with Crippen molar-refractivity contribution in [1.29, 1.82) is 0 Å². The summed E-state index contributed by atoms with van der Waals surface area (Å²) >= 11 is 6.21. The number of carbonyl (C=O) groups excluding carboxylic acids is 1. The lowest BCUT2D eigenvalue weighted by atomic mass is 9.85. The van der Waals surface area contributed by atoms with Gasteiger partial charge in [-0.2, -0.15) is 0 Å². The van der Waals surface area contributed by atoms with Crippen molar-refractivity contribution in [2.45, 2.75) is 64.3 Å². The first kappa shape index (κ1) is 24.2. The van der Waals surface area contributed by atoms with Gasteiger partial charge in [-0.05, 0) is 56.7 Å². The summed E-state index contributed by atoms with van der Waals surface area (Å²) in [5.74, 6) is -2.72. The third-order valence-electron chi connectivity index (χ3n) is 5.90. The standard InChI is InChI=1S/C20H29ClN2O.C2H2O4/c1-15-7-5-10-17(21)20(15)22-19(24)12-14-23-13-6-9-16-8-3-2-4-11-18(16)23;3-1(4)2(5)6/h5,7,10,16,18H,2-4,6,8-9,11-14H2,1H3,(H,22,24);(H,3,4)(H,5,6)/t16-,18-;/m0./s1. The van der Waals surface area contributed by atoms with Crippen LogP contribution in [0.15, 0.2) is 18.2 Å². The normalized spacial score (nSPS) is 21.4. The van der Waals surface area contributed by atoms with Gasteiger partial charge in [0, 0.05) is 19.0 Å². The number of nitrogens with one attached hydrogen (secondary N) is 1. The van der Waals surface area contributed by atoms with Gasteiger partial charge in [-0.25, -0.2) is 9.59 Å². The van der Waals surface area contributed by atoms with Crippen molar-refractivity contribution in [3.05, 3.63) is 28.8 Å². The van der Waals surface area contributed by atoms with Crippen LogP contribution in [0, 0.1) is 12.8 Å². The molecule has 1 amide bonds. The van der Waals surface area contributed by atoms with Crippen LogP contribution in [0.1, 0.15) is 56.9 Å². The number of nitrogens with zero attached hydrogens (tertiary/aromatic N) is 1. The predicted molar refractivity (Wildman–Crippen MR) is 116 cm³/mol. The Morgan fingerprint density at radius 3 is 2.40 bits per heavy atom. The molecule has 0 aromatic heterocycles. The molecular weight excluding hydrogens is 408 g/mol. The lowest BCUT2D eigenvalue weighted by Gasteiger charge is -2.40. The van der Waals surface area contributed by atoms with E-state index in [-0.39, 0.29) is 5.91 Å². The Morgan fingerprint density at radius 1 is 1.07 bits per heavy atom. The number of carboxylic acids is 2. The monoisotopic (exact) mass is 438 g/mol. The average molecular weight is 439 g/mol. The molecule has 8 heteroatoms. The number of carboxylic acid groups (broad SMARTS) is 2. The van der Waals surface area contributed by atoms with Gasteiger partial charge in [0.15, 0.2) is 0 Å². The first-order valence-corrected chi connectivity index (χ1v) is 10.9. The summed E-state index contributed by atoms with van der Waals surface area (Å²) < 4.78 is 0. The molecule has 2 aliphatic rings. The lowest BCUT2D eigenvalue weighted by Crippen LogP contribution is -2.45. The number of hydrogen-bond acceptors (Lipinski definition) is 4. The molecule has 30 heavy (non-hydrogen) atoms. The van der Waals surface area contributed by atoms with E-state index < -0.39 is 11.9 Å². The number of rotatable bonds is 4. The Labute approximate surface area is 182 Å². The Bertz CT molecular complexity index is 723. The number of carbonyl (C=O) groups is 3. The minimum Gasteiger partial charge on any atom is -0.473 e. The van der Waals surface area contributed by atoms with Crippen LogP contribution in [0.5, 0.6) is 0 Å². The highest BCUT2D eigenvalue weighted by Crippen LogP contribution is 2.34. The summed E-state index contributed by atoms with van der Waals surface area (Å²) in [6.45, 7) is 4.00. The van der Waals surface area contributed by atoms with Crippen molar-refractivity contribution in [3.63, 3.8) is 0 Å². The van der Waals surface area contributed by atoms with Crippen LogP contribution in [-0.2, 0) is 14.4 Å². The third kappa shape index (κ3) is 7.29. The van der Waals surface area contributed by atoms with Crippen LogP contribution < -0.4 is 5.32 Å². The van der Waals surface area contributed by atoms with E-state index in [0.29, 0.717) is 17.5 Å². The second kappa shape index (κ2) is 11.9. The van der Waals surface area contributed by atoms with Gasteiger partial charge in [0.05, 0.1) is 10.7 Å². The van der Waals surface area contributed by atoms with E-state index in [1.165, 1.54) is 44.9 Å². The van der Waals surface area contributed by atoms with E-state index in [2.05, 4.69) is 10.2 Å². The molecule has 166 valence electrons. The van der Waals surface area contributed by atoms with Gasteiger partial charge in [0.1, 0.15) is 0 Å². The van der Waals surface area contributed by atoms with Gasteiger partial charge in [-0.3, -0.25) is 9.69 Å². The number of piperidine rings is 1. The smallest absolute Gasteiger partial charge is 0.414 e. The maximum Gasteiger partial charge on any atom is 0.414 e. The fraction of sp³-hybridized carbons (Fsp3) is 0.591. The Kier molecular flexibility index (Phi) is 9.59. The number of aliphatic carboxylic acids is 2. The highest BCUT2D eigenvalue weighted by Gasteiger charge is 2.32. The number of fused-ring (bicyclic) bond motifs is 1. The fourth-order valence-corrected chi connectivity index (χ4v) is 4.69. The van der Waals surface area contributed by atoms with Crippen molar-refractivity contribution >= 4 is 35.1 Å². The van der Waals surface area contributed by atoms with Crippen molar-refractivity contribution < 1.29 is 24.6 Å². The minimum absolute atomic E-state index is 0.0712. The van der Waals surface area contributed by atoms with Gasteiger partial charge < -0.3 is 15.5 Å². The summed E-state index contributed by atoms with van der Waals surface area (Å²) in [4.78, 5) is 33.2. The number of hydrogen-bond donors (Lipinski definition) is 3. The largest absolute Gasteiger partial charge is 0.473 e. The molecule has 3 N–H and O–H groups in total. The van der Waals surface area contributed by atoms with Gasteiger partial charge in [-0.15, -0.1) is 0 Å². The van der Waals surface area contributed by atoms with E-state index in [4.69, 9.17) is 31.4 Å². The van der Waals surface area contributed by atoms with Gasteiger partial charge in [-0.1, -0.05) is 43.0 Å². The van der Waals surface area contributed by atoms with Crippen LogP contribution in [-0.4, -0.2) is 52.1 Å². The van der Waals surface area contributed by atoms with Crippen LogP contribution in [0.25, 0.3) is 0 Å². The first-order valence-electron chi connectivity index (χ1n) is 10.5. The van der Waals surface area contributed by atoms with Crippen molar-refractivity contribution in [3.8, 4) is 0 Å². The average Bonchev–Trinajstić information content (AvgIpc) is 2.95. The van der Waals surface area contributed by atoms with Crippen molar-refractivity contribution in [2.24, 2.45) is 5.92 Å². The molecule has 1 heterocycles.